The Balaban J connectivity index is 2.56. The number of anilines is 1. The highest BCUT2D eigenvalue weighted by atomic mass is 32.1. The van der Waals surface area contributed by atoms with Crippen molar-refractivity contribution in [2.75, 3.05) is 5.32 Å². The van der Waals surface area contributed by atoms with Gasteiger partial charge in [-0.1, -0.05) is 13.8 Å². The smallest absolute Gasteiger partial charge is 0.326 e. The average Bonchev–Trinajstić information content (AvgIpc) is 2.59. The van der Waals surface area contributed by atoms with Crippen LogP contribution in [0.5, 0.6) is 0 Å². The molecular formula is C9H14N4O3S. The van der Waals surface area contributed by atoms with Crippen molar-refractivity contribution < 1.29 is 14.7 Å². The van der Waals surface area contributed by atoms with E-state index in [0.29, 0.717) is 11.0 Å². The van der Waals surface area contributed by atoms with Crippen LogP contribution in [0.25, 0.3) is 0 Å². The highest BCUT2D eigenvalue weighted by Gasteiger charge is 2.23. The number of aliphatic carboxylic acids is 1. The molecule has 1 aromatic rings. The Morgan fingerprint density at radius 2 is 2.06 bits per heavy atom. The molecule has 0 saturated heterocycles. The van der Waals surface area contributed by atoms with Crippen LogP contribution in [0.2, 0.25) is 0 Å². The van der Waals surface area contributed by atoms with E-state index in [1.54, 1.807) is 20.8 Å². The number of aromatic nitrogens is 2. The molecule has 0 aliphatic heterocycles. The van der Waals surface area contributed by atoms with Crippen LogP contribution < -0.4 is 10.6 Å². The minimum absolute atomic E-state index is 0.200. The summed E-state index contributed by atoms with van der Waals surface area (Å²) >= 11 is 1.04. The summed E-state index contributed by atoms with van der Waals surface area (Å²) in [5.74, 6) is -0.707. The number of nitrogens with zero attached hydrogens (tertiary/aromatic N) is 2. The molecule has 0 radical (unpaired) electrons. The summed E-state index contributed by atoms with van der Waals surface area (Å²) in [6.45, 7) is 5.13. The molecule has 2 amide bonds. The molecule has 17 heavy (non-hydrogen) atoms. The minimum Gasteiger partial charge on any atom is -0.480 e. The summed E-state index contributed by atoms with van der Waals surface area (Å²) in [6.07, 6.45) is 0. The van der Waals surface area contributed by atoms with Gasteiger partial charge in [-0.05, 0) is 12.8 Å². The average molecular weight is 258 g/mol. The molecule has 1 atom stereocenters. The number of carbonyl (C=O) groups is 2. The lowest BCUT2D eigenvalue weighted by Gasteiger charge is -2.17. The standard InChI is InChI=1S/C9H14N4O3S/c1-4(2)6(7(14)15)11-8(16)12-9-10-5(3)13-17-9/h4,6H,1-3H3,(H,14,15)(H2,10,11,12,13,16)/t6-/m1/s1. The van der Waals surface area contributed by atoms with Crippen molar-refractivity contribution in [1.29, 1.82) is 0 Å². The number of hydrogen-bond donors (Lipinski definition) is 3. The highest BCUT2D eigenvalue weighted by molar-refractivity contribution is 7.09. The predicted octanol–water partition coefficient (Wildman–Crippen LogP) is 1.08. The molecule has 0 bridgehead atoms. The summed E-state index contributed by atoms with van der Waals surface area (Å²) in [5.41, 5.74) is 0. The Morgan fingerprint density at radius 3 is 2.47 bits per heavy atom. The first-order valence-corrected chi connectivity index (χ1v) is 5.78. The zero-order valence-electron chi connectivity index (χ0n) is 9.72. The second-order valence-electron chi connectivity index (χ2n) is 3.81. The maximum Gasteiger partial charge on any atom is 0.326 e. The molecule has 8 heteroatoms. The molecule has 7 nitrogen and oxygen atoms in total. The van der Waals surface area contributed by atoms with Gasteiger partial charge >= 0.3 is 12.0 Å². The SMILES string of the molecule is Cc1nsc(NC(=O)N[C@@H](C(=O)O)C(C)C)n1. The van der Waals surface area contributed by atoms with Gasteiger partial charge in [0, 0.05) is 11.5 Å². The van der Waals surface area contributed by atoms with Crippen LogP contribution >= 0.6 is 11.5 Å². The monoisotopic (exact) mass is 258 g/mol. The predicted molar refractivity (Wildman–Crippen MR) is 63.1 cm³/mol. The largest absolute Gasteiger partial charge is 0.480 e. The fourth-order valence-corrected chi connectivity index (χ4v) is 1.71. The van der Waals surface area contributed by atoms with Gasteiger partial charge in [-0.15, -0.1) is 0 Å². The molecule has 1 heterocycles. The van der Waals surface area contributed by atoms with Crippen LogP contribution in [-0.4, -0.2) is 32.5 Å². The van der Waals surface area contributed by atoms with Crippen molar-refractivity contribution in [2.24, 2.45) is 5.92 Å². The molecule has 0 spiro atoms. The summed E-state index contributed by atoms with van der Waals surface area (Å²) in [5, 5.41) is 14.0. The van der Waals surface area contributed by atoms with E-state index in [1.807, 2.05) is 0 Å². The number of amides is 2. The Labute approximate surface area is 102 Å². The van der Waals surface area contributed by atoms with E-state index in [-0.39, 0.29) is 5.92 Å². The Bertz CT molecular complexity index is 418. The lowest BCUT2D eigenvalue weighted by molar-refractivity contribution is -0.140. The molecule has 1 aromatic heterocycles. The van der Waals surface area contributed by atoms with Gasteiger partial charge in [0.2, 0.25) is 5.13 Å². The highest BCUT2D eigenvalue weighted by Crippen LogP contribution is 2.10. The number of nitrogens with one attached hydrogen (secondary N) is 2. The number of urea groups is 1. The van der Waals surface area contributed by atoms with Crippen LogP contribution in [0, 0.1) is 12.8 Å². The van der Waals surface area contributed by atoms with E-state index < -0.39 is 18.0 Å². The third-order valence-electron chi connectivity index (χ3n) is 1.97. The fraction of sp³-hybridized carbons (Fsp3) is 0.556. The maximum atomic E-state index is 11.5. The van der Waals surface area contributed by atoms with Gasteiger partial charge in [-0.2, -0.15) is 4.37 Å². The van der Waals surface area contributed by atoms with Crippen molar-refractivity contribution in [3.63, 3.8) is 0 Å². The van der Waals surface area contributed by atoms with Gasteiger partial charge in [0.1, 0.15) is 11.9 Å². The van der Waals surface area contributed by atoms with Crippen LogP contribution in [0.1, 0.15) is 19.7 Å². The molecule has 0 aliphatic rings. The van der Waals surface area contributed by atoms with E-state index in [2.05, 4.69) is 20.0 Å². The number of aryl methyl sites for hydroxylation is 1. The van der Waals surface area contributed by atoms with Gasteiger partial charge in [-0.25, -0.2) is 14.6 Å². The number of carboxylic acid groups (broad SMARTS) is 1. The molecule has 0 aromatic carbocycles. The lowest BCUT2D eigenvalue weighted by Crippen LogP contribution is -2.46. The number of carboxylic acids is 1. The van der Waals surface area contributed by atoms with E-state index in [9.17, 15) is 9.59 Å². The van der Waals surface area contributed by atoms with E-state index in [4.69, 9.17) is 5.11 Å². The molecular weight excluding hydrogens is 244 g/mol. The zero-order valence-corrected chi connectivity index (χ0v) is 10.5. The first-order valence-electron chi connectivity index (χ1n) is 5.00. The van der Waals surface area contributed by atoms with Gasteiger partial charge in [-0.3, -0.25) is 5.32 Å². The van der Waals surface area contributed by atoms with Gasteiger partial charge in [0.15, 0.2) is 0 Å². The maximum absolute atomic E-state index is 11.5. The van der Waals surface area contributed by atoms with Gasteiger partial charge < -0.3 is 10.4 Å². The second-order valence-corrected chi connectivity index (χ2v) is 4.56. The summed E-state index contributed by atoms with van der Waals surface area (Å²) < 4.78 is 3.89. The first kappa shape index (κ1) is 13.4. The Hall–Kier alpha value is -1.70. The zero-order chi connectivity index (χ0) is 13.0. The van der Waals surface area contributed by atoms with Crippen molar-refractivity contribution >= 4 is 28.7 Å². The summed E-state index contributed by atoms with van der Waals surface area (Å²) in [6, 6.07) is -1.52. The Morgan fingerprint density at radius 1 is 1.41 bits per heavy atom. The molecule has 1 rings (SSSR count). The van der Waals surface area contributed by atoms with Gasteiger partial charge in [0.25, 0.3) is 0 Å². The normalized spacial score (nSPS) is 12.2. The van der Waals surface area contributed by atoms with Crippen molar-refractivity contribution in [1.82, 2.24) is 14.7 Å². The van der Waals surface area contributed by atoms with Crippen molar-refractivity contribution in [3.8, 4) is 0 Å². The van der Waals surface area contributed by atoms with E-state index in [0.717, 1.165) is 11.5 Å². The van der Waals surface area contributed by atoms with E-state index in [1.165, 1.54) is 0 Å². The van der Waals surface area contributed by atoms with Crippen LogP contribution in [0.4, 0.5) is 9.93 Å². The Kier molecular flexibility index (Phi) is 4.38. The third kappa shape index (κ3) is 3.99. The second kappa shape index (κ2) is 5.58. The molecule has 3 N–H and O–H groups in total. The molecule has 0 aliphatic carbocycles. The van der Waals surface area contributed by atoms with Crippen LogP contribution in [0.3, 0.4) is 0 Å². The quantitative estimate of drug-likeness (QED) is 0.749. The molecule has 0 fully saturated rings. The van der Waals surface area contributed by atoms with Crippen LogP contribution in [-0.2, 0) is 4.79 Å². The van der Waals surface area contributed by atoms with Crippen molar-refractivity contribution in [2.45, 2.75) is 26.8 Å². The van der Waals surface area contributed by atoms with Crippen LogP contribution in [0.15, 0.2) is 0 Å². The number of hydrogen-bond acceptors (Lipinski definition) is 5. The molecule has 0 unspecified atom stereocenters. The topological polar surface area (TPSA) is 104 Å². The fourth-order valence-electron chi connectivity index (χ4n) is 1.14. The molecule has 0 saturated carbocycles. The number of carbonyl (C=O) groups excluding carboxylic acids is 1. The van der Waals surface area contributed by atoms with Crippen molar-refractivity contribution in [3.05, 3.63) is 5.82 Å². The first-order chi connectivity index (χ1) is 7.90. The minimum atomic E-state index is -1.07. The number of rotatable bonds is 4. The third-order valence-corrected chi connectivity index (χ3v) is 2.69. The lowest BCUT2D eigenvalue weighted by atomic mass is 10.1. The van der Waals surface area contributed by atoms with E-state index >= 15 is 0 Å². The molecule has 94 valence electrons. The summed E-state index contributed by atoms with van der Waals surface area (Å²) in [7, 11) is 0. The summed E-state index contributed by atoms with van der Waals surface area (Å²) in [4.78, 5) is 26.3. The van der Waals surface area contributed by atoms with Gasteiger partial charge in [0.05, 0.1) is 0 Å².